The number of benzene rings is 2. The molecule has 0 bridgehead atoms. The molecule has 4 heteroatoms. The smallest absolute Gasteiger partial charge is 0.388 e. The first-order chi connectivity index (χ1) is 8.38. The number of aryl methyl sites for hydroxylation is 1. The molecule has 2 aromatic carbocycles. The van der Waals surface area contributed by atoms with E-state index in [0.29, 0.717) is 16.5 Å². The fourth-order valence-electron chi connectivity index (χ4n) is 2.17. The maximum absolute atomic E-state index is 12.4. The predicted molar refractivity (Wildman–Crippen MR) is 64.3 cm³/mol. The summed E-state index contributed by atoms with van der Waals surface area (Å²) in [5, 5.41) is 11.3. The molecule has 0 spiro atoms. The van der Waals surface area contributed by atoms with E-state index in [-0.39, 0.29) is 0 Å². The molecule has 0 fully saturated rings. The lowest BCUT2D eigenvalue weighted by Crippen LogP contribution is -2.14. The molecule has 0 heterocycles. The highest BCUT2D eigenvalue weighted by Gasteiger charge is 2.32. The molecular weight excluding hydrogens is 241 g/mol. The summed E-state index contributed by atoms with van der Waals surface area (Å²) in [5.74, 6) is 0. The summed E-state index contributed by atoms with van der Waals surface area (Å²) < 4.78 is 37.1. The van der Waals surface area contributed by atoms with E-state index in [2.05, 4.69) is 0 Å². The summed E-state index contributed by atoms with van der Waals surface area (Å²) in [4.78, 5) is 0. The molecule has 0 aliphatic heterocycles. The lowest BCUT2D eigenvalue weighted by molar-refractivity contribution is -0.154. The maximum Gasteiger partial charge on any atom is 0.391 e. The number of halogens is 3. The van der Waals surface area contributed by atoms with Gasteiger partial charge in [0.25, 0.3) is 0 Å². The lowest BCUT2D eigenvalue weighted by atomic mass is 9.94. The van der Waals surface area contributed by atoms with Crippen LogP contribution in [0.15, 0.2) is 36.4 Å². The van der Waals surface area contributed by atoms with Crippen LogP contribution < -0.4 is 0 Å². The second-order valence-corrected chi connectivity index (χ2v) is 4.35. The van der Waals surface area contributed by atoms with Gasteiger partial charge >= 0.3 is 6.18 Å². The zero-order chi connectivity index (χ0) is 13.3. The molecule has 0 aromatic heterocycles. The maximum atomic E-state index is 12.4. The Bertz CT molecular complexity index is 560. The Kier molecular flexibility index (Phi) is 3.30. The highest BCUT2D eigenvalue weighted by atomic mass is 19.4. The van der Waals surface area contributed by atoms with Crippen molar-refractivity contribution in [2.75, 3.05) is 0 Å². The molecule has 2 rings (SSSR count). The Morgan fingerprint density at radius 1 is 1.11 bits per heavy atom. The van der Waals surface area contributed by atoms with Crippen molar-refractivity contribution in [3.05, 3.63) is 47.5 Å². The minimum Gasteiger partial charge on any atom is -0.388 e. The van der Waals surface area contributed by atoms with Crippen LogP contribution >= 0.6 is 0 Å². The van der Waals surface area contributed by atoms with E-state index >= 15 is 0 Å². The summed E-state index contributed by atoms with van der Waals surface area (Å²) >= 11 is 0. The highest BCUT2D eigenvalue weighted by molar-refractivity contribution is 5.87. The standard InChI is InChI=1S/C14H13F3O/c1-9-6-7-10-4-2-3-5-11(10)13(9)12(18)8-14(15,16)17/h2-7,12,18H,8H2,1H3. The molecule has 0 saturated carbocycles. The zero-order valence-electron chi connectivity index (χ0n) is 9.83. The van der Waals surface area contributed by atoms with Crippen molar-refractivity contribution < 1.29 is 18.3 Å². The van der Waals surface area contributed by atoms with Gasteiger partial charge in [-0.3, -0.25) is 0 Å². The molecule has 1 atom stereocenters. The minimum atomic E-state index is -4.37. The number of hydrogen-bond donors (Lipinski definition) is 1. The zero-order valence-corrected chi connectivity index (χ0v) is 9.83. The van der Waals surface area contributed by atoms with Crippen LogP contribution in [0.5, 0.6) is 0 Å². The molecule has 1 N–H and O–H groups in total. The van der Waals surface area contributed by atoms with Crippen molar-refractivity contribution in [3.8, 4) is 0 Å². The van der Waals surface area contributed by atoms with Gasteiger partial charge in [0.15, 0.2) is 0 Å². The van der Waals surface area contributed by atoms with Gasteiger partial charge in [0.2, 0.25) is 0 Å². The second-order valence-electron chi connectivity index (χ2n) is 4.35. The quantitative estimate of drug-likeness (QED) is 0.854. The number of aliphatic hydroxyl groups excluding tert-OH is 1. The average Bonchev–Trinajstić information content (AvgIpc) is 2.26. The van der Waals surface area contributed by atoms with Gasteiger partial charge in [0.05, 0.1) is 12.5 Å². The third-order valence-corrected chi connectivity index (χ3v) is 2.95. The van der Waals surface area contributed by atoms with Crippen molar-refractivity contribution in [2.24, 2.45) is 0 Å². The predicted octanol–water partition coefficient (Wildman–Crippen LogP) is 4.13. The number of fused-ring (bicyclic) bond motifs is 1. The van der Waals surface area contributed by atoms with E-state index in [1.54, 1.807) is 25.1 Å². The topological polar surface area (TPSA) is 20.2 Å². The summed E-state index contributed by atoms with van der Waals surface area (Å²) in [5.41, 5.74) is 1.04. The molecule has 0 aliphatic carbocycles. The molecule has 2 aromatic rings. The van der Waals surface area contributed by atoms with Gasteiger partial charge in [-0.1, -0.05) is 36.4 Å². The van der Waals surface area contributed by atoms with E-state index < -0.39 is 18.7 Å². The molecule has 96 valence electrons. The van der Waals surface area contributed by atoms with Crippen molar-refractivity contribution >= 4 is 10.8 Å². The van der Waals surface area contributed by atoms with Crippen LogP contribution in [0.3, 0.4) is 0 Å². The molecule has 1 unspecified atom stereocenters. The minimum absolute atomic E-state index is 0.366. The molecule has 0 radical (unpaired) electrons. The van der Waals surface area contributed by atoms with E-state index in [1.807, 2.05) is 18.2 Å². The summed E-state index contributed by atoms with van der Waals surface area (Å²) in [6.45, 7) is 1.71. The van der Waals surface area contributed by atoms with Crippen LogP contribution in [0.4, 0.5) is 13.2 Å². The third-order valence-electron chi connectivity index (χ3n) is 2.95. The van der Waals surface area contributed by atoms with Crippen molar-refractivity contribution in [2.45, 2.75) is 25.6 Å². The van der Waals surface area contributed by atoms with Gasteiger partial charge in [0, 0.05) is 0 Å². The number of rotatable bonds is 2. The van der Waals surface area contributed by atoms with E-state index in [9.17, 15) is 18.3 Å². The Labute approximate surface area is 103 Å². The molecule has 0 amide bonds. The van der Waals surface area contributed by atoms with Crippen LogP contribution in [0.1, 0.15) is 23.7 Å². The highest BCUT2D eigenvalue weighted by Crippen LogP contribution is 2.34. The molecule has 0 aliphatic rings. The van der Waals surface area contributed by atoms with Gasteiger partial charge in [-0.2, -0.15) is 13.2 Å². The lowest BCUT2D eigenvalue weighted by Gasteiger charge is -2.18. The van der Waals surface area contributed by atoms with E-state index in [0.717, 1.165) is 5.39 Å². The fraction of sp³-hybridized carbons (Fsp3) is 0.286. The van der Waals surface area contributed by atoms with Gasteiger partial charge in [0.1, 0.15) is 0 Å². The van der Waals surface area contributed by atoms with Gasteiger partial charge in [-0.25, -0.2) is 0 Å². The SMILES string of the molecule is Cc1ccc2ccccc2c1C(O)CC(F)(F)F. The van der Waals surface area contributed by atoms with Crippen LogP contribution in [0.25, 0.3) is 10.8 Å². The average molecular weight is 254 g/mol. The van der Waals surface area contributed by atoms with Crippen molar-refractivity contribution in [1.29, 1.82) is 0 Å². The van der Waals surface area contributed by atoms with Crippen LogP contribution in [-0.4, -0.2) is 11.3 Å². The Hall–Kier alpha value is -1.55. The van der Waals surface area contributed by atoms with Crippen LogP contribution in [0, 0.1) is 6.92 Å². The molecular formula is C14H13F3O. The molecule has 18 heavy (non-hydrogen) atoms. The second kappa shape index (κ2) is 4.61. The normalized spacial score (nSPS) is 13.8. The monoisotopic (exact) mass is 254 g/mol. The first kappa shape index (κ1) is 12.9. The fourth-order valence-corrected chi connectivity index (χ4v) is 2.17. The van der Waals surface area contributed by atoms with Crippen molar-refractivity contribution in [1.82, 2.24) is 0 Å². The first-order valence-corrected chi connectivity index (χ1v) is 5.61. The van der Waals surface area contributed by atoms with Gasteiger partial charge < -0.3 is 5.11 Å². The Morgan fingerprint density at radius 2 is 1.78 bits per heavy atom. The molecule has 0 saturated heterocycles. The summed E-state index contributed by atoms with van der Waals surface area (Å²) in [6.07, 6.45) is -7.11. The van der Waals surface area contributed by atoms with E-state index in [1.165, 1.54) is 0 Å². The van der Waals surface area contributed by atoms with Gasteiger partial charge in [-0.05, 0) is 28.8 Å². The van der Waals surface area contributed by atoms with Gasteiger partial charge in [-0.15, -0.1) is 0 Å². The van der Waals surface area contributed by atoms with Crippen molar-refractivity contribution in [3.63, 3.8) is 0 Å². The van der Waals surface area contributed by atoms with Crippen LogP contribution in [0.2, 0.25) is 0 Å². The first-order valence-electron chi connectivity index (χ1n) is 5.61. The summed E-state index contributed by atoms with van der Waals surface area (Å²) in [6, 6.07) is 10.7. The number of alkyl halides is 3. The number of aliphatic hydroxyl groups is 1. The van der Waals surface area contributed by atoms with Crippen LogP contribution in [-0.2, 0) is 0 Å². The molecule has 1 nitrogen and oxygen atoms in total. The Morgan fingerprint density at radius 3 is 2.44 bits per heavy atom. The van der Waals surface area contributed by atoms with E-state index in [4.69, 9.17) is 0 Å². The summed E-state index contributed by atoms with van der Waals surface area (Å²) in [7, 11) is 0. The number of hydrogen-bond acceptors (Lipinski definition) is 1. The largest absolute Gasteiger partial charge is 0.391 e. The third kappa shape index (κ3) is 2.64. The Balaban J connectivity index is 2.52.